The number of amides is 2. The number of fused-ring (bicyclic) bond motifs is 1. The quantitative estimate of drug-likeness (QED) is 0.858. The molecule has 0 radical (unpaired) electrons. The summed E-state index contributed by atoms with van der Waals surface area (Å²) in [5.74, 6) is 0.249. The maximum Gasteiger partial charge on any atom is 0.258 e. The predicted molar refractivity (Wildman–Crippen MR) is 104 cm³/mol. The zero-order valence-corrected chi connectivity index (χ0v) is 15.5. The largest absolute Gasteiger partial charge is 0.352 e. The topological polar surface area (TPSA) is 49.4 Å². The fourth-order valence-electron chi connectivity index (χ4n) is 3.51. The third kappa shape index (κ3) is 3.79. The van der Waals surface area contributed by atoms with E-state index in [0.717, 1.165) is 30.5 Å². The van der Waals surface area contributed by atoms with Gasteiger partial charge in [-0.1, -0.05) is 44.2 Å². The number of carbonyl (C=O) groups is 2. The van der Waals surface area contributed by atoms with Gasteiger partial charge in [-0.05, 0) is 48.6 Å². The van der Waals surface area contributed by atoms with E-state index >= 15 is 0 Å². The van der Waals surface area contributed by atoms with Gasteiger partial charge in [0.1, 0.15) is 0 Å². The number of nitrogens with zero attached hydrogens (tertiary/aromatic N) is 1. The van der Waals surface area contributed by atoms with Crippen LogP contribution in [-0.4, -0.2) is 18.4 Å². The Kier molecular flexibility index (Phi) is 5.71. The van der Waals surface area contributed by atoms with Crippen LogP contribution < -0.4 is 10.2 Å². The van der Waals surface area contributed by atoms with Crippen molar-refractivity contribution in [2.24, 2.45) is 5.92 Å². The van der Waals surface area contributed by atoms with Crippen molar-refractivity contribution in [2.75, 3.05) is 11.4 Å². The van der Waals surface area contributed by atoms with Crippen molar-refractivity contribution < 1.29 is 9.59 Å². The van der Waals surface area contributed by atoms with Gasteiger partial charge in [0.15, 0.2) is 0 Å². The van der Waals surface area contributed by atoms with E-state index in [1.54, 1.807) is 0 Å². The standard InChI is InChI=1S/C22H26N2O2/c1-3-17(4-2)21(25)23-15-16-10-11-20-19(14-16)12-13-24(20)22(26)18-8-6-5-7-9-18/h5-11,14,17H,3-4,12-13,15H2,1-2H3,(H,23,25). The molecule has 0 saturated heterocycles. The highest BCUT2D eigenvalue weighted by Crippen LogP contribution is 2.30. The van der Waals surface area contributed by atoms with E-state index in [-0.39, 0.29) is 17.7 Å². The van der Waals surface area contributed by atoms with E-state index in [1.807, 2.05) is 61.2 Å². The summed E-state index contributed by atoms with van der Waals surface area (Å²) in [6, 6.07) is 15.5. The van der Waals surface area contributed by atoms with Crippen LogP contribution in [0.5, 0.6) is 0 Å². The molecule has 1 aliphatic heterocycles. The molecule has 1 N–H and O–H groups in total. The Morgan fingerprint density at radius 3 is 2.50 bits per heavy atom. The molecule has 4 heteroatoms. The van der Waals surface area contributed by atoms with Crippen LogP contribution in [0.1, 0.15) is 48.2 Å². The third-order valence-electron chi connectivity index (χ3n) is 5.13. The van der Waals surface area contributed by atoms with Gasteiger partial charge in [-0.2, -0.15) is 0 Å². The highest BCUT2D eigenvalue weighted by Gasteiger charge is 2.25. The molecule has 2 aromatic carbocycles. The molecule has 3 rings (SSSR count). The normalized spacial score (nSPS) is 13.0. The molecule has 0 unspecified atom stereocenters. The van der Waals surface area contributed by atoms with Crippen LogP contribution in [0, 0.1) is 5.92 Å². The van der Waals surface area contributed by atoms with Gasteiger partial charge in [0.05, 0.1) is 0 Å². The van der Waals surface area contributed by atoms with Gasteiger partial charge in [-0.3, -0.25) is 9.59 Å². The lowest BCUT2D eigenvalue weighted by molar-refractivity contribution is -0.125. The van der Waals surface area contributed by atoms with Crippen molar-refractivity contribution in [3.8, 4) is 0 Å². The van der Waals surface area contributed by atoms with Crippen LogP contribution in [0.25, 0.3) is 0 Å². The van der Waals surface area contributed by atoms with E-state index in [4.69, 9.17) is 0 Å². The first-order valence-corrected chi connectivity index (χ1v) is 9.40. The summed E-state index contributed by atoms with van der Waals surface area (Å²) in [6.07, 6.45) is 2.58. The molecule has 0 aliphatic carbocycles. The van der Waals surface area contributed by atoms with E-state index in [2.05, 4.69) is 11.4 Å². The van der Waals surface area contributed by atoms with Gasteiger partial charge >= 0.3 is 0 Å². The van der Waals surface area contributed by atoms with Crippen molar-refractivity contribution >= 4 is 17.5 Å². The zero-order valence-electron chi connectivity index (χ0n) is 15.5. The molecule has 26 heavy (non-hydrogen) atoms. The lowest BCUT2D eigenvalue weighted by Crippen LogP contribution is -2.29. The molecular weight excluding hydrogens is 324 g/mol. The van der Waals surface area contributed by atoms with E-state index < -0.39 is 0 Å². The first-order valence-electron chi connectivity index (χ1n) is 9.40. The number of benzene rings is 2. The van der Waals surface area contributed by atoms with Crippen LogP contribution in [0.3, 0.4) is 0 Å². The summed E-state index contributed by atoms with van der Waals surface area (Å²) < 4.78 is 0. The van der Waals surface area contributed by atoms with Crippen molar-refractivity contribution in [2.45, 2.75) is 39.7 Å². The van der Waals surface area contributed by atoms with Gasteiger partial charge in [0, 0.05) is 30.3 Å². The Morgan fingerprint density at radius 1 is 1.08 bits per heavy atom. The number of hydrogen-bond donors (Lipinski definition) is 1. The average molecular weight is 350 g/mol. The SMILES string of the molecule is CCC(CC)C(=O)NCc1ccc2c(c1)CCN2C(=O)c1ccccc1. The van der Waals surface area contributed by atoms with Gasteiger partial charge in [-0.25, -0.2) is 0 Å². The van der Waals surface area contributed by atoms with Crippen LogP contribution in [0.15, 0.2) is 48.5 Å². The Balaban J connectivity index is 1.69. The predicted octanol–water partition coefficient (Wildman–Crippen LogP) is 3.94. The lowest BCUT2D eigenvalue weighted by Gasteiger charge is -2.18. The molecule has 0 fully saturated rings. The minimum absolute atomic E-state index is 0.0409. The second kappa shape index (κ2) is 8.17. The molecule has 2 aromatic rings. The molecular formula is C22H26N2O2. The Hall–Kier alpha value is -2.62. The number of hydrogen-bond acceptors (Lipinski definition) is 2. The summed E-state index contributed by atoms with van der Waals surface area (Å²) in [5, 5.41) is 3.03. The first kappa shape index (κ1) is 18.2. The number of anilines is 1. The van der Waals surface area contributed by atoms with Gasteiger partial charge in [0.2, 0.25) is 5.91 Å². The first-order chi connectivity index (χ1) is 12.6. The zero-order chi connectivity index (χ0) is 18.5. The minimum atomic E-state index is 0.0409. The average Bonchev–Trinajstić information content (AvgIpc) is 3.10. The lowest BCUT2D eigenvalue weighted by atomic mass is 10.0. The Labute approximate surface area is 155 Å². The van der Waals surface area contributed by atoms with Gasteiger partial charge in [0.25, 0.3) is 5.91 Å². The Morgan fingerprint density at radius 2 is 1.81 bits per heavy atom. The highest BCUT2D eigenvalue weighted by atomic mass is 16.2. The smallest absolute Gasteiger partial charge is 0.258 e. The molecule has 0 bridgehead atoms. The maximum absolute atomic E-state index is 12.7. The van der Waals surface area contributed by atoms with Crippen LogP contribution in [-0.2, 0) is 17.8 Å². The fraction of sp³-hybridized carbons (Fsp3) is 0.364. The van der Waals surface area contributed by atoms with Crippen molar-refractivity contribution in [3.05, 3.63) is 65.2 Å². The molecule has 1 aliphatic rings. The second-order valence-electron chi connectivity index (χ2n) is 6.77. The molecule has 0 aromatic heterocycles. The summed E-state index contributed by atoms with van der Waals surface area (Å²) in [4.78, 5) is 26.7. The monoisotopic (exact) mass is 350 g/mol. The maximum atomic E-state index is 12.7. The van der Waals surface area contributed by atoms with E-state index in [0.29, 0.717) is 18.7 Å². The number of nitrogens with one attached hydrogen (secondary N) is 1. The highest BCUT2D eigenvalue weighted by molar-refractivity contribution is 6.07. The van der Waals surface area contributed by atoms with Gasteiger partial charge in [-0.15, -0.1) is 0 Å². The molecule has 4 nitrogen and oxygen atoms in total. The fourth-order valence-corrected chi connectivity index (χ4v) is 3.51. The molecule has 0 spiro atoms. The number of rotatable bonds is 6. The molecule has 2 amide bonds. The van der Waals surface area contributed by atoms with E-state index in [1.165, 1.54) is 5.56 Å². The third-order valence-corrected chi connectivity index (χ3v) is 5.13. The van der Waals surface area contributed by atoms with Crippen LogP contribution in [0.2, 0.25) is 0 Å². The van der Waals surface area contributed by atoms with Crippen LogP contribution >= 0.6 is 0 Å². The van der Waals surface area contributed by atoms with Crippen LogP contribution in [0.4, 0.5) is 5.69 Å². The summed E-state index contributed by atoms with van der Waals surface area (Å²) in [5.41, 5.74) is 3.94. The number of carbonyl (C=O) groups excluding carboxylic acids is 2. The summed E-state index contributed by atoms with van der Waals surface area (Å²) >= 11 is 0. The van der Waals surface area contributed by atoms with E-state index in [9.17, 15) is 9.59 Å². The van der Waals surface area contributed by atoms with Gasteiger partial charge < -0.3 is 10.2 Å². The van der Waals surface area contributed by atoms with Crippen molar-refractivity contribution in [1.29, 1.82) is 0 Å². The summed E-state index contributed by atoms with van der Waals surface area (Å²) in [7, 11) is 0. The molecule has 136 valence electrons. The van der Waals surface area contributed by atoms with Crippen molar-refractivity contribution in [3.63, 3.8) is 0 Å². The second-order valence-corrected chi connectivity index (χ2v) is 6.77. The summed E-state index contributed by atoms with van der Waals surface area (Å²) in [6.45, 7) is 5.32. The molecule has 0 atom stereocenters. The molecule has 1 heterocycles. The Bertz CT molecular complexity index is 782. The van der Waals surface area contributed by atoms with Crippen molar-refractivity contribution in [1.82, 2.24) is 5.32 Å². The minimum Gasteiger partial charge on any atom is -0.352 e. The molecule has 0 saturated carbocycles.